The van der Waals surface area contributed by atoms with Crippen molar-refractivity contribution in [1.29, 1.82) is 0 Å². The number of piperidine rings is 1. The first-order valence-electron chi connectivity index (χ1n) is 7.49. The van der Waals surface area contributed by atoms with Gasteiger partial charge in [0.15, 0.2) is 0 Å². The van der Waals surface area contributed by atoms with Gasteiger partial charge in [-0.3, -0.25) is 0 Å². The van der Waals surface area contributed by atoms with E-state index in [1.807, 2.05) is 12.1 Å². The minimum absolute atomic E-state index is 0.400. The molecule has 0 saturated carbocycles. The van der Waals surface area contributed by atoms with Gasteiger partial charge in [0.1, 0.15) is 5.75 Å². The second kappa shape index (κ2) is 5.51. The van der Waals surface area contributed by atoms with Crippen molar-refractivity contribution in [3.8, 4) is 5.75 Å². The quantitative estimate of drug-likeness (QED) is 0.857. The van der Waals surface area contributed by atoms with Crippen LogP contribution < -0.4 is 5.32 Å². The van der Waals surface area contributed by atoms with E-state index in [2.05, 4.69) is 23.3 Å². The maximum atomic E-state index is 9.60. The average molecular weight is 260 g/mol. The fraction of sp³-hybridized carbons (Fsp3) is 0.625. The lowest BCUT2D eigenvalue weighted by molar-refractivity contribution is 0.212. The molecule has 19 heavy (non-hydrogen) atoms. The third-order valence-corrected chi connectivity index (χ3v) is 4.50. The lowest BCUT2D eigenvalue weighted by Crippen LogP contribution is -2.45. The van der Waals surface area contributed by atoms with E-state index in [-0.39, 0.29) is 0 Å². The molecule has 3 nitrogen and oxygen atoms in total. The molecule has 3 rings (SSSR count). The molecule has 2 atom stereocenters. The summed E-state index contributed by atoms with van der Waals surface area (Å²) in [7, 11) is 2.21. The van der Waals surface area contributed by atoms with Gasteiger partial charge in [-0.2, -0.15) is 0 Å². The number of benzene rings is 1. The summed E-state index contributed by atoms with van der Waals surface area (Å²) in [6, 6.07) is 6.96. The normalized spacial score (nSPS) is 28.1. The number of likely N-dealkylation sites (tertiary alicyclic amines) is 1. The van der Waals surface area contributed by atoms with Crippen LogP contribution in [-0.2, 0) is 6.42 Å². The smallest absolute Gasteiger partial charge is 0.115 e. The molecular weight excluding hydrogens is 236 g/mol. The Morgan fingerprint density at radius 3 is 3.00 bits per heavy atom. The van der Waals surface area contributed by atoms with Crippen LogP contribution in [0.2, 0.25) is 0 Å². The molecule has 1 fully saturated rings. The van der Waals surface area contributed by atoms with Crippen LogP contribution in [0.4, 0.5) is 0 Å². The monoisotopic (exact) mass is 260 g/mol. The Kier molecular flexibility index (Phi) is 3.76. The van der Waals surface area contributed by atoms with Crippen molar-refractivity contribution in [2.45, 2.75) is 44.2 Å². The van der Waals surface area contributed by atoms with Gasteiger partial charge in [-0.05, 0) is 69.0 Å². The standard InChI is InChI=1S/C16H24N2O/c1-18-9-3-5-13(11-18)17-16-6-2-4-12-10-14(19)7-8-15(12)16/h7-8,10,13,16-17,19H,2-6,9,11H2,1H3. The maximum absolute atomic E-state index is 9.60. The van der Waals surface area contributed by atoms with Crippen LogP contribution in [0.25, 0.3) is 0 Å². The number of rotatable bonds is 2. The van der Waals surface area contributed by atoms with Crippen molar-refractivity contribution < 1.29 is 5.11 Å². The number of phenols is 1. The molecule has 104 valence electrons. The van der Waals surface area contributed by atoms with Crippen molar-refractivity contribution in [2.75, 3.05) is 20.1 Å². The Hall–Kier alpha value is -1.06. The van der Waals surface area contributed by atoms with Crippen LogP contribution in [-0.4, -0.2) is 36.2 Å². The van der Waals surface area contributed by atoms with Gasteiger partial charge in [0.25, 0.3) is 0 Å². The minimum atomic E-state index is 0.400. The van der Waals surface area contributed by atoms with Gasteiger partial charge in [0, 0.05) is 18.6 Å². The van der Waals surface area contributed by atoms with E-state index in [9.17, 15) is 5.11 Å². The molecule has 0 bridgehead atoms. The molecule has 1 saturated heterocycles. The first-order chi connectivity index (χ1) is 9.22. The van der Waals surface area contributed by atoms with Crippen LogP contribution in [0.3, 0.4) is 0 Å². The van der Waals surface area contributed by atoms with Crippen LogP contribution >= 0.6 is 0 Å². The van der Waals surface area contributed by atoms with Crippen LogP contribution in [0.15, 0.2) is 18.2 Å². The third kappa shape index (κ3) is 2.93. The number of phenolic OH excluding ortho intramolecular Hbond substituents is 1. The molecule has 2 N–H and O–H groups in total. The summed E-state index contributed by atoms with van der Waals surface area (Å²) < 4.78 is 0. The number of hydrogen-bond donors (Lipinski definition) is 2. The fourth-order valence-electron chi connectivity index (χ4n) is 3.56. The Morgan fingerprint density at radius 2 is 2.16 bits per heavy atom. The average Bonchev–Trinajstić information content (AvgIpc) is 2.38. The molecule has 0 aromatic heterocycles. The van der Waals surface area contributed by atoms with Crippen molar-refractivity contribution in [3.05, 3.63) is 29.3 Å². The Labute approximate surface area is 115 Å². The molecule has 1 aromatic carbocycles. The zero-order chi connectivity index (χ0) is 13.2. The van der Waals surface area contributed by atoms with Crippen LogP contribution in [0, 0.1) is 0 Å². The Balaban J connectivity index is 1.72. The first kappa shape index (κ1) is 12.9. The van der Waals surface area contributed by atoms with Gasteiger partial charge < -0.3 is 15.3 Å². The Morgan fingerprint density at radius 1 is 1.26 bits per heavy atom. The van der Waals surface area contributed by atoms with E-state index in [0.717, 1.165) is 13.0 Å². The lowest BCUT2D eigenvalue weighted by Gasteiger charge is -2.35. The van der Waals surface area contributed by atoms with E-state index in [4.69, 9.17) is 0 Å². The van der Waals surface area contributed by atoms with Gasteiger partial charge in [-0.1, -0.05) is 6.07 Å². The predicted octanol–water partition coefficient (Wildman–Crippen LogP) is 2.45. The van der Waals surface area contributed by atoms with Crippen LogP contribution in [0.5, 0.6) is 5.75 Å². The van der Waals surface area contributed by atoms with Gasteiger partial charge in [-0.25, -0.2) is 0 Å². The third-order valence-electron chi connectivity index (χ3n) is 4.50. The van der Waals surface area contributed by atoms with Gasteiger partial charge >= 0.3 is 0 Å². The molecule has 3 heteroatoms. The van der Waals surface area contributed by atoms with Gasteiger partial charge in [-0.15, -0.1) is 0 Å². The highest BCUT2D eigenvalue weighted by atomic mass is 16.3. The van der Waals surface area contributed by atoms with Gasteiger partial charge in [0.05, 0.1) is 0 Å². The van der Waals surface area contributed by atoms with Crippen molar-refractivity contribution >= 4 is 0 Å². The molecule has 0 amide bonds. The summed E-state index contributed by atoms with van der Waals surface area (Å²) in [5.74, 6) is 0.400. The number of likely N-dealkylation sites (N-methyl/N-ethyl adjacent to an activating group) is 1. The predicted molar refractivity (Wildman–Crippen MR) is 77.4 cm³/mol. The molecular formula is C16H24N2O. The number of aromatic hydroxyl groups is 1. The molecule has 0 spiro atoms. The first-order valence-corrected chi connectivity index (χ1v) is 7.49. The number of nitrogens with zero attached hydrogens (tertiary/aromatic N) is 1. The largest absolute Gasteiger partial charge is 0.508 e. The van der Waals surface area contributed by atoms with E-state index in [0.29, 0.717) is 17.8 Å². The topological polar surface area (TPSA) is 35.5 Å². The molecule has 2 unspecified atom stereocenters. The molecule has 1 heterocycles. The highest BCUT2D eigenvalue weighted by Crippen LogP contribution is 2.32. The van der Waals surface area contributed by atoms with E-state index in [1.165, 1.54) is 43.4 Å². The van der Waals surface area contributed by atoms with Crippen molar-refractivity contribution in [3.63, 3.8) is 0 Å². The molecule has 1 aromatic rings. The number of hydrogen-bond acceptors (Lipinski definition) is 3. The molecule has 2 aliphatic rings. The zero-order valence-electron chi connectivity index (χ0n) is 11.7. The number of nitrogens with one attached hydrogen (secondary N) is 1. The second-order valence-electron chi connectivity index (χ2n) is 6.10. The number of aryl methyl sites for hydroxylation is 1. The second-order valence-corrected chi connectivity index (χ2v) is 6.10. The molecule has 0 radical (unpaired) electrons. The van der Waals surface area contributed by atoms with E-state index < -0.39 is 0 Å². The summed E-state index contributed by atoms with van der Waals surface area (Å²) in [5.41, 5.74) is 2.73. The zero-order valence-corrected chi connectivity index (χ0v) is 11.7. The fourth-order valence-corrected chi connectivity index (χ4v) is 3.56. The van der Waals surface area contributed by atoms with E-state index in [1.54, 1.807) is 0 Å². The molecule has 1 aliphatic carbocycles. The summed E-state index contributed by atoms with van der Waals surface area (Å²) in [6.45, 7) is 2.39. The highest BCUT2D eigenvalue weighted by molar-refractivity contribution is 5.38. The van der Waals surface area contributed by atoms with Crippen LogP contribution in [0.1, 0.15) is 42.9 Å². The summed E-state index contributed by atoms with van der Waals surface area (Å²) in [4.78, 5) is 2.42. The van der Waals surface area contributed by atoms with E-state index >= 15 is 0 Å². The maximum Gasteiger partial charge on any atom is 0.115 e. The van der Waals surface area contributed by atoms with Crippen molar-refractivity contribution in [1.82, 2.24) is 10.2 Å². The Bertz CT molecular complexity index is 446. The summed E-state index contributed by atoms with van der Waals surface area (Å²) in [6.07, 6.45) is 6.12. The molecule has 1 aliphatic heterocycles. The van der Waals surface area contributed by atoms with Crippen molar-refractivity contribution in [2.24, 2.45) is 0 Å². The summed E-state index contributed by atoms with van der Waals surface area (Å²) >= 11 is 0. The van der Waals surface area contributed by atoms with Gasteiger partial charge in [0.2, 0.25) is 0 Å². The SMILES string of the molecule is CN1CCCC(NC2CCCc3cc(O)ccc32)C1. The highest BCUT2D eigenvalue weighted by Gasteiger charge is 2.25. The lowest BCUT2D eigenvalue weighted by atomic mass is 9.86. The summed E-state index contributed by atoms with van der Waals surface area (Å²) in [5, 5.41) is 13.4. The minimum Gasteiger partial charge on any atom is -0.508 e. The number of fused-ring (bicyclic) bond motifs is 1.